The fourth-order valence-corrected chi connectivity index (χ4v) is 3.29. The first kappa shape index (κ1) is 16.9. The van der Waals surface area contributed by atoms with E-state index in [1.54, 1.807) is 29.4 Å². The molecule has 0 N–H and O–H groups in total. The average Bonchev–Trinajstić information content (AvgIpc) is 2.82. The number of hydrogen-bond donors (Lipinski definition) is 0. The van der Waals surface area contributed by atoms with Crippen LogP contribution in [0.3, 0.4) is 0 Å². The molecule has 1 saturated heterocycles. The van der Waals surface area contributed by atoms with Crippen molar-refractivity contribution in [2.45, 2.75) is 6.42 Å². The zero-order chi connectivity index (χ0) is 16.9. The number of halogens is 2. The van der Waals surface area contributed by atoms with Crippen molar-refractivity contribution in [3.8, 4) is 5.75 Å². The number of benzene rings is 1. The van der Waals surface area contributed by atoms with Crippen LogP contribution in [-0.2, 0) is 0 Å². The van der Waals surface area contributed by atoms with Crippen molar-refractivity contribution >= 4 is 35.0 Å². The van der Waals surface area contributed by atoms with Crippen molar-refractivity contribution in [1.29, 1.82) is 0 Å². The first-order valence-electron chi connectivity index (χ1n) is 7.71. The minimum atomic E-state index is -0.338. The summed E-state index contributed by atoms with van der Waals surface area (Å²) >= 11 is 12.5. The third-order valence-electron chi connectivity index (χ3n) is 3.85. The summed E-state index contributed by atoms with van der Waals surface area (Å²) in [5.74, 6) is 0.545. The van der Waals surface area contributed by atoms with Gasteiger partial charge in [0.15, 0.2) is 0 Å². The maximum Gasteiger partial charge on any atom is 0.415 e. The van der Waals surface area contributed by atoms with Crippen molar-refractivity contribution in [3.05, 3.63) is 52.8 Å². The van der Waals surface area contributed by atoms with Gasteiger partial charge in [-0.2, -0.15) is 0 Å². The molecule has 1 aliphatic heterocycles. The average molecular weight is 366 g/mol. The predicted molar refractivity (Wildman–Crippen MR) is 95.1 cm³/mol. The topological polar surface area (TPSA) is 45.7 Å². The van der Waals surface area contributed by atoms with Gasteiger partial charge in [0, 0.05) is 38.6 Å². The van der Waals surface area contributed by atoms with Crippen LogP contribution in [0.2, 0.25) is 10.0 Å². The Morgan fingerprint density at radius 1 is 1.00 bits per heavy atom. The van der Waals surface area contributed by atoms with Gasteiger partial charge in [0.25, 0.3) is 0 Å². The highest BCUT2D eigenvalue weighted by Crippen LogP contribution is 2.33. The molecule has 7 heteroatoms. The predicted octanol–water partition coefficient (Wildman–Crippen LogP) is 4.10. The normalized spacial score (nSPS) is 15.1. The molecule has 3 rings (SSSR count). The van der Waals surface area contributed by atoms with Gasteiger partial charge in [-0.1, -0.05) is 41.4 Å². The maximum atomic E-state index is 12.3. The van der Waals surface area contributed by atoms with Crippen molar-refractivity contribution in [2.24, 2.45) is 0 Å². The lowest BCUT2D eigenvalue weighted by Gasteiger charge is -2.25. The zero-order valence-corrected chi connectivity index (χ0v) is 14.5. The summed E-state index contributed by atoms with van der Waals surface area (Å²) in [5.41, 5.74) is 0.770. The quantitative estimate of drug-likeness (QED) is 0.803. The Kier molecular flexibility index (Phi) is 5.43. The van der Waals surface area contributed by atoms with Gasteiger partial charge >= 0.3 is 6.09 Å². The Balaban J connectivity index is 1.66. The number of amides is 1. The summed E-state index contributed by atoms with van der Waals surface area (Å²) < 4.78 is 5.40. The smallest absolute Gasteiger partial charge is 0.410 e. The molecule has 1 aromatic heterocycles. The van der Waals surface area contributed by atoms with E-state index in [4.69, 9.17) is 27.9 Å². The van der Waals surface area contributed by atoms with Crippen LogP contribution in [0.15, 0.2) is 42.7 Å². The monoisotopic (exact) mass is 365 g/mol. The molecular formula is C17H17Cl2N3O2. The molecule has 0 saturated carbocycles. The van der Waals surface area contributed by atoms with Crippen LogP contribution in [0.1, 0.15) is 6.42 Å². The summed E-state index contributed by atoms with van der Waals surface area (Å²) in [6.45, 7) is 2.56. The van der Waals surface area contributed by atoms with Crippen LogP contribution in [0.4, 0.5) is 10.5 Å². The molecule has 2 heterocycles. The fourth-order valence-electron chi connectivity index (χ4n) is 2.68. The van der Waals surface area contributed by atoms with Crippen LogP contribution in [0.5, 0.6) is 5.75 Å². The first-order valence-corrected chi connectivity index (χ1v) is 8.46. The number of aromatic nitrogens is 1. The minimum absolute atomic E-state index is 0.338. The molecule has 1 fully saturated rings. The van der Waals surface area contributed by atoms with E-state index in [1.807, 2.05) is 18.2 Å². The lowest BCUT2D eigenvalue weighted by atomic mass is 10.3. The number of hydrogen-bond acceptors (Lipinski definition) is 4. The third-order valence-corrected chi connectivity index (χ3v) is 4.40. The molecule has 0 spiro atoms. The molecule has 24 heavy (non-hydrogen) atoms. The van der Waals surface area contributed by atoms with Gasteiger partial charge in [-0.05, 0) is 18.6 Å². The van der Waals surface area contributed by atoms with Crippen molar-refractivity contribution in [2.75, 3.05) is 31.1 Å². The maximum absolute atomic E-state index is 12.3. The van der Waals surface area contributed by atoms with Gasteiger partial charge in [0.05, 0.1) is 15.7 Å². The van der Waals surface area contributed by atoms with Gasteiger partial charge in [-0.15, -0.1) is 0 Å². The van der Waals surface area contributed by atoms with Crippen molar-refractivity contribution in [3.63, 3.8) is 0 Å². The summed E-state index contributed by atoms with van der Waals surface area (Å²) in [6.07, 6.45) is 3.62. The first-order chi connectivity index (χ1) is 11.6. The minimum Gasteiger partial charge on any atom is -0.410 e. The summed E-state index contributed by atoms with van der Waals surface area (Å²) in [6, 6.07) is 9.07. The number of rotatable bonds is 2. The number of pyridine rings is 1. The van der Waals surface area contributed by atoms with Gasteiger partial charge in [0.1, 0.15) is 5.75 Å². The van der Waals surface area contributed by atoms with Gasteiger partial charge in [-0.3, -0.25) is 4.98 Å². The van der Waals surface area contributed by atoms with Gasteiger partial charge < -0.3 is 14.5 Å². The Hall–Kier alpha value is -1.98. The van der Waals surface area contributed by atoms with E-state index >= 15 is 0 Å². The van der Waals surface area contributed by atoms with Crippen LogP contribution < -0.4 is 9.64 Å². The van der Waals surface area contributed by atoms with Gasteiger partial charge in [0.2, 0.25) is 0 Å². The molecule has 2 aromatic rings. The standard InChI is InChI=1S/C17H17Cl2N3O2/c18-14-11-20-12-15(19)16(14)21-7-4-8-22(10-9-21)17(23)24-13-5-2-1-3-6-13/h1-3,5-6,11-12H,4,7-10H2. The molecule has 1 aromatic carbocycles. The molecule has 5 nitrogen and oxygen atoms in total. The summed E-state index contributed by atoms with van der Waals surface area (Å²) in [5, 5.41) is 1.03. The van der Waals surface area contributed by atoms with E-state index in [0.717, 1.165) is 18.7 Å². The summed E-state index contributed by atoms with van der Waals surface area (Å²) in [4.78, 5) is 20.1. The van der Waals surface area contributed by atoms with E-state index in [0.29, 0.717) is 35.4 Å². The highest BCUT2D eigenvalue weighted by molar-refractivity contribution is 6.38. The van der Waals surface area contributed by atoms with E-state index in [2.05, 4.69) is 9.88 Å². The van der Waals surface area contributed by atoms with Crippen molar-refractivity contribution in [1.82, 2.24) is 9.88 Å². The third kappa shape index (κ3) is 3.91. The molecule has 126 valence electrons. The Bertz CT molecular complexity index is 692. The highest BCUT2D eigenvalue weighted by atomic mass is 35.5. The molecular weight excluding hydrogens is 349 g/mol. The SMILES string of the molecule is O=C(Oc1ccccc1)N1CCCN(c2c(Cl)cncc2Cl)CC1. The van der Waals surface area contributed by atoms with Gasteiger partial charge in [-0.25, -0.2) is 4.79 Å². The number of carbonyl (C=O) groups is 1. The lowest BCUT2D eigenvalue weighted by Crippen LogP contribution is -2.37. The Labute approximate surface area is 150 Å². The molecule has 0 atom stereocenters. The molecule has 1 amide bonds. The van der Waals surface area contributed by atoms with Crippen molar-refractivity contribution < 1.29 is 9.53 Å². The number of anilines is 1. The zero-order valence-electron chi connectivity index (χ0n) is 13.0. The molecule has 0 unspecified atom stereocenters. The number of para-hydroxylation sites is 1. The molecule has 0 bridgehead atoms. The van der Waals surface area contributed by atoms with Crippen LogP contribution in [0, 0.1) is 0 Å². The van der Waals surface area contributed by atoms with E-state index in [1.165, 1.54) is 0 Å². The summed E-state index contributed by atoms with van der Waals surface area (Å²) in [7, 11) is 0. The molecule has 0 aliphatic carbocycles. The lowest BCUT2D eigenvalue weighted by molar-refractivity contribution is 0.155. The largest absolute Gasteiger partial charge is 0.415 e. The van der Waals surface area contributed by atoms with E-state index < -0.39 is 0 Å². The number of ether oxygens (including phenoxy) is 1. The van der Waals surface area contributed by atoms with Crippen LogP contribution in [-0.4, -0.2) is 42.2 Å². The van der Waals surface area contributed by atoms with Crippen LogP contribution >= 0.6 is 23.2 Å². The Morgan fingerprint density at radius 3 is 2.42 bits per heavy atom. The fraction of sp³-hybridized carbons (Fsp3) is 0.294. The number of carbonyl (C=O) groups excluding carboxylic acids is 1. The second kappa shape index (κ2) is 7.73. The highest BCUT2D eigenvalue weighted by Gasteiger charge is 2.23. The number of nitrogens with zero attached hydrogens (tertiary/aromatic N) is 3. The Morgan fingerprint density at radius 2 is 1.71 bits per heavy atom. The van der Waals surface area contributed by atoms with E-state index in [9.17, 15) is 4.79 Å². The second-order valence-electron chi connectivity index (χ2n) is 5.46. The molecule has 1 aliphatic rings. The second-order valence-corrected chi connectivity index (χ2v) is 6.27. The molecule has 0 radical (unpaired) electrons. The van der Waals surface area contributed by atoms with E-state index in [-0.39, 0.29) is 6.09 Å². The van der Waals surface area contributed by atoms with Crippen LogP contribution in [0.25, 0.3) is 0 Å².